The molecule has 0 N–H and O–H groups in total. The summed E-state index contributed by atoms with van der Waals surface area (Å²) in [5.41, 5.74) is 0. The third-order valence-electron chi connectivity index (χ3n) is 1.59. The minimum absolute atomic E-state index is 0.00300. The molecule has 86 valence electrons. The number of benzene rings is 1. The lowest BCUT2D eigenvalue weighted by Crippen LogP contribution is -1.97. The molecule has 16 heavy (non-hydrogen) atoms. The van der Waals surface area contributed by atoms with Crippen molar-refractivity contribution in [3.8, 4) is 18.1 Å². The molecular formula is C9H5Cl3O3S. The van der Waals surface area contributed by atoms with Gasteiger partial charge in [0, 0.05) is 10.7 Å². The van der Waals surface area contributed by atoms with E-state index in [1.807, 2.05) is 0 Å². The van der Waals surface area contributed by atoms with E-state index in [1.165, 1.54) is 12.1 Å². The minimum atomic E-state index is -3.93. The molecule has 1 aromatic rings. The van der Waals surface area contributed by atoms with Gasteiger partial charge in [-0.05, 0) is 12.1 Å². The molecule has 0 spiro atoms. The first-order valence-electron chi connectivity index (χ1n) is 3.87. The fourth-order valence-electron chi connectivity index (χ4n) is 0.933. The zero-order chi connectivity index (χ0) is 12.3. The highest BCUT2D eigenvalue weighted by Crippen LogP contribution is 2.37. The predicted octanol–water partition coefficient (Wildman–Crippen LogP) is 2.93. The van der Waals surface area contributed by atoms with Crippen molar-refractivity contribution in [1.29, 1.82) is 0 Å². The van der Waals surface area contributed by atoms with Crippen molar-refractivity contribution in [2.24, 2.45) is 0 Å². The second kappa shape index (κ2) is 5.15. The summed E-state index contributed by atoms with van der Waals surface area (Å²) in [6.07, 6.45) is 5.00. The van der Waals surface area contributed by atoms with Gasteiger partial charge in [0.15, 0.2) is 0 Å². The van der Waals surface area contributed by atoms with Crippen molar-refractivity contribution in [2.75, 3.05) is 6.61 Å². The molecule has 0 bridgehead atoms. The van der Waals surface area contributed by atoms with E-state index in [-0.39, 0.29) is 27.3 Å². The Kier molecular flexibility index (Phi) is 4.34. The molecule has 0 aliphatic rings. The third kappa shape index (κ3) is 2.96. The Morgan fingerprint density at radius 2 is 1.94 bits per heavy atom. The highest BCUT2D eigenvalue weighted by Gasteiger charge is 2.19. The second-order valence-electron chi connectivity index (χ2n) is 2.62. The molecule has 0 aliphatic carbocycles. The van der Waals surface area contributed by atoms with Crippen molar-refractivity contribution in [2.45, 2.75) is 4.90 Å². The first-order chi connectivity index (χ1) is 7.38. The maximum absolute atomic E-state index is 11.1. The zero-order valence-electron chi connectivity index (χ0n) is 7.71. The largest absolute Gasteiger partial charge is 0.479 e. The average Bonchev–Trinajstić information content (AvgIpc) is 2.18. The maximum atomic E-state index is 11.1. The SMILES string of the molecule is C#CCOc1ccc(S(=O)(=O)Cl)c(Cl)c1Cl. The number of ether oxygens (including phenoxy) is 1. The molecule has 0 heterocycles. The highest BCUT2D eigenvalue weighted by molar-refractivity contribution is 8.13. The molecule has 0 atom stereocenters. The Labute approximate surface area is 108 Å². The van der Waals surface area contributed by atoms with E-state index in [0.717, 1.165) is 0 Å². The molecule has 0 unspecified atom stereocenters. The minimum Gasteiger partial charge on any atom is -0.479 e. The zero-order valence-corrected chi connectivity index (χ0v) is 10.8. The van der Waals surface area contributed by atoms with Gasteiger partial charge in [0.25, 0.3) is 9.05 Å². The number of halogens is 3. The number of terminal acetylenes is 1. The molecule has 1 aromatic carbocycles. The van der Waals surface area contributed by atoms with Crippen molar-refractivity contribution >= 4 is 42.9 Å². The van der Waals surface area contributed by atoms with Crippen LogP contribution >= 0.6 is 33.9 Å². The monoisotopic (exact) mass is 298 g/mol. The molecule has 1 rings (SSSR count). The normalized spacial score (nSPS) is 10.9. The van der Waals surface area contributed by atoms with E-state index in [0.29, 0.717) is 0 Å². The molecule has 0 aliphatic heterocycles. The van der Waals surface area contributed by atoms with E-state index in [1.54, 1.807) is 0 Å². The van der Waals surface area contributed by atoms with Crippen LogP contribution in [0.5, 0.6) is 5.75 Å². The molecule has 7 heteroatoms. The van der Waals surface area contributed by atoms with E-state index >= 15 is 0 Å². The lowest BCUT2D eigenvalue weighted by atomic mass is 10.3. The summed E-state index contributed by atoms with van der Waals surface area (Å²) in [5.74, 6) is 2.44. The van der Waals surface area contributed by atoms with E-state index in [9.17, 15) is 8.42 Å². The third-order valence-corrected chi connectivity index (χ3v) is 3.93. The van der Waals surface area contributed by atoms with Gasteiger partial charge in [0.05, 0.1) is 5.02 Å². The van der Waals surface area contributed by atoms with Gasteiger partial charge >= 0.3 is 0 Å². The van der Waals surface area contributed by atoms with Gasteiger partial charge in [-0.1, -0.05) is 29.1 Å². The van der Waals surface area contributed by atoms with Crippen LogP contribution in [0.1, 0.15) is 0 Å². The molecule has 0 saturated carbocycles. The van der Waals surface area contributed by atoms with Crippen molar-refractivity contribution in [1.82, 2.24) is 0 Å². The first-order valence-corrected chi connectivity index (χ1v) is 6.93. The van der Waals surface area contributed by atoms with Crippen LogP contribution in [0.15, 0.2) is 17.0 Å². The maximum Gasteiger partial charge on any atom is 0.262 e. The van der Waals surface area contributed by atoms with Gasteiger partial charge in [-0.25, -0.2) is 8.42 Å². The van der Waals surface area contributed by atoms with Crippen LogP contribution in [-0.2, 0) is 9.05 Å². The Hall–Kier alpha value is -0.600. The smallest absolute Gasteiger partial charge is 0.262 e. The molecule has 0 saturated heterocycles. The Morgan fingerprint density at radius 1 is 1.31 bits per heavy atom. The quantitative estimate of drug-likeness (QED) is 0.636. The van der Waals surface area contributed by atoms with Crippen LogP contribution in [0.4, 0.5) is 0 Å². The van der Waals surface area contributed by atoms with Crippen LogP contribution in [0.25, 0.3) is 0 Å². The summed E-state index contributed by atoms with van der Waals surface area (Å²) in [4.78, 5) is -0.270. The predicted molar refractivity (Wildman–Crippen MR) is 63.8 cm³/mol. The van der Waals surface area contributed by atoms with Gasteiger partial charge in [0.2, 0.25) is 0 Å². The van der Waals surface area contributed by atoms with Gasteiger partial charge < -0.3 is 4.74 Å². The highest BCUT2D eigenvalue weighted by atomic mass is 35.7. The summed E-state index contributed by atoms with van der Waals surface area (Å²) in [7, 11) is 1.22. The fourth-order valence-corrected chi connectivity index (χ4v) is 2.72. The summed E-state index contributed by atoms with van der Waals surface area (Å²) in [6, 6.07) is 2.53. The molecular weight excluding hydrogens is 295 g/mol. The van der Waals surface area contributed by atoms with E-state index < -0.39 is 9.05 Å². The van der Waals surface area contributed by atoms with Crippen molar-refractivity contribution in [3.63, 3.8) is 0 Å². The summed E-state index contributed by atoms with van der Waals surface area (Å²) >= 11 is 11.5. The number of hydrogen-bond acceptors (Lipinski definition) is 3. The van der Waals surface area contributed by atoms with Crippen LogP contribution in [0.3, 0.4) is 0 Å². The molecule has 0 aromatic heterocycles. The van der Waals surface area contributed by atoms with Crippen LogP contribution in [0.2, 0.25) is 10.0 Å². The standard InChI is InChI=1S/C9H5Cl3O3S/c1-2-5-15-6-3-4-7(16(12,13)14)9(11)8(6)10/h1,3-4H,5H2. The summed E-state index contributed by atoms with van der Waals surface area (Å²) in [5, 5.41) is -0.232. The van der Waals surface area contributed by atoms with E-state index in [2.05, 4.69) is 5.92 Å². The van der Waals surface area contributed by atoms with E-state index in [4.69, 9.17) is 45.0 Å². The molecule has 3 nitrogen and oxygen atoms in total. The van der Waals surface area contributed by atoms with Crippen LogP contribution < -0.4 is 4.74 Å². The van der Waals surface area contributed by atoms with Crippen molar-refractivity contribution < 1.29 is 13.2 Å². The summed E-state index contributed by atoms with van der Waals surface area (Å²) < 4.78 is 27.2. The fraction of sp³-hybridized carbons (Fsp3) is 0.111. The Balaban J connectivity index is 3.25. The lowest BCUT2D eigenvalue weighted by Gasteiger charge is -2.08. The second-order valence-corrected chi connectivity index (χ2v) is 5.91. The summed E-state index contributed by atoms with van der Waals surface area (Å²) in [6.45, 7) is 0.00300. The molecule has 0 amide bonds. The molecule has 0 fully saturated rings. The van der Waals surface area contributed by atoms with Crippen LogP contribution in [-0.4, -0.2) is 15.0 Å². The van der Waals surface area contributed by atoms with Gasteiger partial charge in [0.1, 0.15) is 22.3 Å². The number of hydrogen-bond donors (Lipinski definition) is 0. The van der Waals surface area contributed by atoms with Crippen molar-refractivity contribution in [3.05, 3.63) is 22.2 Å². The van der Waals surface area contributed by atoms with Gasteiger partial charge in [-0.3, -0.25) is 0 Å². The van der Waals surface area contributed by atoms with Gasteiger partial charge in [-0.15, -0.1) is 6.42 Å². The Bertz CT molecular complexity index is 546. The topological polar surface area (TPSA) is 43.4 Å². The lowest BCUT2D eigenvalue weighted by molar-refractivity contribution is 0.370. The first kappa shape index (κ1) is 13.5. The van der Waals surface area contributed by atoms with Gasteiger partial charge in [-0.2, -0.15) is 0 Å². The Morgan fingerprint density at radius 3 is 2.44 bits per heavy atom. The molecule has 0 radical (unpaired) electrons. The average molecular weight is 300 g/mol. The number of rotatable bonds is 3. The van der Waals surface area contributed by atoms with Crippen LogP contribution in [0, 0.1) is 12.3 Å².